The average Bonchev–Trinajstić information content (AvgIpc) is 3.44. The maximum absolute atomic E-state index is 12.8. The molecule has 0 fully saturated rings. The number of rotatable bonds is 5. The predicted molar refractivity (Wildman–Crippen MR) is 113 cm³/mol. The van der Waals surface area contributed by atoms with E-state index in [-0.39, 0.29) is 24.9 Å². The number of carbonyl (C=O) groups excluding carboxylic acids is 2. The molecule has 30 heavy (non-hydrogen) atoms. The summed E-state index contributed by atoms with van der Waals surface area (Å²) in [5.74, 6) is 0.620. The molecule has 0 aliphatic carbocycles. The minimum absolute atomic E-state index is 0.0986. The molecule has 0 spiro atoms. The Hall–Kier alpha value is -3.65. The molecule has 0 bridgehead atoms. The van der Waals surface area contributed by atoms with Crippen molar-refractivity contribution in [3.05, 3.63) is 65.3 Å². The molecule has 8 heteroatoms. The zero-order valence-corrected chi connectivity index (χ0v) is 16.9. The molecule has 1 aliphatic rings. The molecule has 1 aliphatic heterocycles. The van der Waals surface area contributed by atoms with Crippen molar-refractivity contribution in [2.24, 2.45) is 0 Å². The van der Waals surface area contributed by atoms with Gasteiger partial charge in [0.15, 0.2) is 22.2 Å². The maximum atomic E-state index is 12.8. The van der Waals surface area contributed by atoms with Crippen molar-refractivity contribution in [3.63, 3.8) is 0 Å². The molecular weight excluding hydrogens is 402 g/mol. The highest BCUT2D eigenvalue weighted by atomic mass is 32.1. The standard InChI is InChI=1S/C22H17N3O4S/c1-13(26)16-8-19-20(29-12-28-19)9-17(16)23-21(27)7-15-11-30-22-24-18(10-25(15)22)14-5-3-2-4-6-14/h2-6,8-11H,7,12H2,1H3,(H,23,27). The van der Waals surface area contributed by atoms with Gasteiger partial charge in [-0.05, 0) is 13.0 Å². The molecule has 3 heterocycles. The van der Waals surface area contributed by atoms with Gasteiger partial charge < -0.3 is 14.8 Å². The summed E-state index contributed by atoms with van der Waals surface area (Å²) in [6.45, 7) is 1.55. The van der Waals surface area contributed by atoms with E-state index < -0.39 is 0 Å². The minimum Gasteiger partial charge on any atom is -0.454 e. The molecule has 1 N–H and O–H groups in total. The summed E-state index contributed by atoms with van der Waals surface area (Å²) in [6.07, 6.45) is 2.09. The van der Waals surface area contributed by atoms with Crippen LogP contribution in [0.15, 0.2) is 54.0 Å². The van der Waals surface area contributed by atoms with E-state index in [9.17, 15) is 9.59 Å². The molecule has 1 amide bonds. The Balaban J connectivity index is 1.39. The molecule has 0 atom stereocenters. The van der Waals surface area contributed by atoms with Gasteiger partial charge in [-0.3, -0.25) is 14.0 Å². The second-order valence-corrected chi connectivity index (χ2v) is 7.74. The number of hydrogen-bond donors (Lipinski definition) is 1. The first kappa shape index (κ1) is 18.4. The van der Waals surface area contributed by atoms with Crippen LogP contribution in [-0.2, 0) is 11.2 Å². The molecule has 150 valence electrons. The summed E-state index contributed by atoms with van der Waals surface area (Å²) in [4.78, 5) is 30.2. The van der Waals surface area contributed by atoms with Crippen molar-refractivity contribution in [3.8, 4) is 22.8 Å². The number of imidazole rings is 1. The highest BCUT2D eigenvalue weighted by molar-refractivity contribution is 7.15. The van der Waals surface area contributed by atoms with E-state index in [0.717, 1.165) is 21.9 Å². The van der Waals surface area contributed by atoms with Gasteiger partial charge in [0.2, 0.25) is 12.7 Å². The maximum Gasteiger partial charge on any atom is 0.231 e. The molecular formula is C22H17N3O4S. The molecule has 2 aromatic heterocycles. The number of hydrogen-bond acceptors (Lipinski definition) is 6. The summed E-state index contributed by atoms with van der Waals surface area (Å²) in [5.41, 5.74) is 3.51. The van der Waals surface area contributed by atoms with Crippen LogP contribution in [0.4, 0.5) is 5.69 Å². The van der Waals surface area contributed by atoms with Gasteiger partial charge in [-0.1, -0.05) is 30.3 Å². The molecule has 0 unspecified atom stereocenters. The lowest BCUT2D eigenvalue weighted by molar-refractivity contribution is -0.115. The smallest absolute Gasteiger partial charge is 0.231 e. The van der Waals surface area contributed by atoms with Gasteiger partial charge in [-0.25, -0.2) is 4.98 Å². The van der Waals surface area contributed by atoms with E-state index >= 15 is 0 Å². The van der Waals surface area contributed by atoms with Crippen molar-refractivity contribution in [1.29, 1.82) is 0 Å². The number of Topliss-reactive ketones (excluding diaryl/α,β-unsaturated/α-hetero) is 1. The Kier molecular flexibility index (Phi) is 4.48. The lowest BCUT2D eigenvalue weighted by Gasteiger charge is -2.10. The Bertz CT molecular complexity index is 1280. The van der Waals surface area contributed by atoms with E-state index in [0.29, 0.717) is 22.7 Å². The van der Waals surface area contributed by atoms with Gasteiger partial charge in [-0.2, -0.15) is 0 Å². The highest BCUT2D eigenvalue weighted by Gasteiger charge is 2.21. The topological polar surface area (TPSA) is 81.9 Å². The number of fused-ring (bicyclic) bond motifs is 2. The number of ether oxygens (including phenoxy) is 2. The Morgan fingerprint density at radius 2 is 1.93 bits per heavy atom. The number of ketones is 1. The molecule has 0 saturated heterocycles. The largest absolute Gasteiger partial charge is 0.454 e. The summed E-state index contributed by atoms with van der Waals surface area (Å²) in [5, 5.41) is 4.76. The molecule has 0 saturated carbocycles. The van der Waals surface area contributed by atoms with Gasteiger partial charge >= 0.3 is 0 Å². The van der Waals surface area contributed by atoms with E-state index in [4.69, 9.17) is 9.47 Å². The third-order valence-corrected chi connectivity index (χ3v) is 5.75. The SMILES string of the molecule is CC(=O)c1cc2c(cc1NC(=O)Cc1csc3nc(-c4ccccc4)cn13)OCO2. The number of amides is 1. The van der Waals surface area contributed by atoms with Crippen LogP contribution in [0.25, 0.3) is 16.2 Å². The third-order valence-electron chi connectivity index (χ3n) is 4.86. The predicted octanol–water partition coefficient (Wildman–Crippen LogP) is 4.18. The number of nitrogens with zero attached hydrogens (tertiary/aromatic N) is 2. The number of benzene rings is 2. The molecule has 7 nitrogen and oxygen atoms in total. The van der Waals surface area contributed by atoms with E-state index in [1.54, 1.807) is 12.1 Å². The van der Waals surface area contributed by atoms with Crippen molar-refractivity contribution in [2.45, 2.75) is 13.3 Å². The monoisotopic (exact) mass is 419 g/mol. The second-order valence-electron chi connectivity index (χ2n) is 6.90. The van der Waals surface area contributed by atoms with Crippen molar-refractivity contribution in [2.75, 3.05) is 12.1 Å². The summed E-state index contributed by atoms with van der Waals surface area (Å²) < 4.78 is 12.6. The van der Waals surface area contributed by atoms with E-state index in [1.165, 1.54) is 18.3 Å². The fraction of sp³-hybridized carbons (Fsp3) is 0.136. The van der Waals surface area contributed by atoms with Crippen LogP contribution < -0.4 is 14.8 Å². The lowest BCUT2D eigenvalue weighted by Crippen LogP contribution is -2.17. The van der Waals surface area contributed by atoms with Crippen molar-refractivity contribution < 1.29 is 19.1 Å². The van der Waals surface area contributed by atoms with Crippen molar-refractivity contribution >= 4 is 33.7 Å². The molecule has 5 rings (SSSR count). The molecule has 4 aromatic rings. The summed E-state index contributed by atoms with van der Waals surface area (Å²) in [6, 6.07) is 13.1. The van der Waals surface area contributed by atoms with Crippen molar-refractivity contribution in [1.82, 2.24) is 9.38 Å². The Morgan fingerprint density at radius 1 is 1.17 bits per heavy atom. The lowest BCUT2D eigenvalue weighted by atomic mass is 10.1. The van der Waals surface area contributed by atoms with Crippen LogP contribution in [0.5, 0.6) is 11.5 Å². The Morgan fingerprint density at radius 3 is 2.70 bits per heavy atom. The average molecular weight is 419 g/mol. The van der Waals surface area contributed by atoms with Gasteiger partial charge in [0.25, 0.3) is 0 Å². The van der Waals surface area contributed by atoms with Crippen LogP contribution >= 0.6 is 11.3 Å². The summed E-state index contributed by atoms with van der Waals surface area (Å²) >= 11 is 1.48. The fourth-order valence-corrected chi connectivity index (χ4v) is 4.27. The number of carbonyl (C=O) groups is 2. The first-order valence-corrected chi connectivity index (χ1v) is 10.2. The second kappa shape index (κ2) is 7.31. The number of anilines is 1. The first-order valence-electron chi connectivity index (χ1n) is 9.34. The van der Waals surface area contributed by atoms with E-state index in [2.05, 4.69) is 10.3 Å². The van der Waals surface area contributed by atoms with Gasteiger partial charge in [0, 0.05) is 34.5 Å². The number of nitrogens with one attached hydrogen (secondary N) is 1. The van der Waals surface area contributed by atoms with Crippen LogP contribution in [0, 0.1) is 0 Å². The number of aromatic nitrogens is 2. The fourth-order valence-electron chi connectivity index (χ4n) is 3.40. The van der Waals surface area contributed by atoms with Crippen LogP contribution in [0.1, 0.15) is 23.0 Å². The molecule has 2 aromatic carbocycles. The molecule has 0 radical (unpaired) electrons. The number of thiazole rings is 1. The summed E-state index contributed by atoms with van der Waals surface area (Å²) in [7, 11) is 0. The van der Waals surface area contributed by atoms with Gasteiger partial charge in [-0.15, -0.1) is 11.3 Å². The van der Waals surface area contributed by atoms with Gasteiger partial charge in [0.1, 0.15) is 0 Å². The van der Waals surface area contributed by atoms with Gasteiger partial charge in [0.05, 0.1) is 17.8 Å². The third kappa shape index (κ3) is 3.31. The zero-order chi connectivity index (χ0) is 20.7. The quantitative estimate of drug-likeness (QED) is 0.491. The van der Waals surface area contributed by atoms with E-state index in [1.807, 2.05) is 46.3 Å². The highest BCUT2D eigenvalue weighted by Crippen LogP contribution is 2.37. The van der Waals surface area contributed by atoms with Crippen LogP contribution in [-0.4, -0.2) is 27.9 Å². The normalized spacial score (nSPS) is 12.3. The van der Waals surface area contributed by atoms with Crippen LogP contribution in [0.2, 0.25) is 0 Å². The zero-order valence-electron chi connectivity index (χ0n) is 16.0. The minimum atomic E-state index is -0.231. The Labute approximate surface area is 175 Å². The first-order chi connectivity index (χ1) is 14.6. The van der Waals surface area contributed by atoms with Crippen LogP contribution in [0.3, 0.4) is 0 Å².